The minimum atomic E-state index is -3.65. The molecule has 0 radical (unpaired) electrons. The third-order valence-corrected chi connectivity index (χ3v) is 5.57. The lowest BCUT2D eigenvalue weighted by Crippen LogP contribution is -2.33. The van der Waals surface area contributed by atoms with Crippen molar-refractivity contribution in [3.63, 3.8) is 0 Å². The molecule has 0 aliphatic carbocycles. The summed E-state index contributed by atoms with van der Waals surface area (Å²) in [5.74, 6) is 1.42. The van der Waals surface area contributed by atoms with Crippen LogP contribution in [0.25, 0.3) is 0 Å². The summed E-state index contributed by atoms with van der Waals surface area (Å²) < 4.78 is 40.7. The Kier molecular flexibility index (Phi) is 4.49. The van der Waals surface area contributed by atoms with E-state index in [2.05, 4.69) is 9.82 Å². The fraction of sp³-hybridized carbons (Fsp3) is 0.211. The molecule has 8 heteroatoms. The van der Waals surface area contributed by atoms with Gasteiger partial charge < -0.3 is 9.47 Å². The summed E-state index contributed by atoms with van der Waals surface area (Å²) in [7, 11) is -3.65. The van der Waals surface area contributed by atoms with Gasteiger partial charge in [-0.05, 0) is 31.2 Å². The largest absolute Gasteiger partial charge is 0.486 e. The second-order valence-electron chi connectivity index (χ2n) is 6.37. The average Bonchev–Trinajstić information content (AvgIpc) is 3.08. The maximum atomic E-state index is 12.5. The second-order valence-corrected chi connectivity index (χ2v) is 8.05. The van der Waals surface area contributed by atoms with E-state index in [0.717, 1.165) is 11.3 Å². The van der Waals surface area contributed by atoms with Crippen molar-refractivity contribution in [2.75, 3.05) is 11.3 Å². The molecule has 0 spiro atoms. The molecule has 3 aromatic rings. The van der Waals surface area contributed by atoms with Gasteiger partial charge in [0.2, 0.25) is 0 Å². The number of hydrogen-bond acceptors (Lipinski definition) is 5. The molecule has 0 amide bonds. The molecule has 0 saturated heterocycles. The first-order valence-corrected chi connectivity index (χ1v) is 9.98. The summed E-state index contributed by atoms with van der Waals surface area (Å²) in [5, 5.41) is 4.21. The highest BCUT2D eigenvalue weighted by Gasteiger charge is 2.22. The van der Waals surface area contributed by atoms with E-state index in [1.807, 2.05) is 31.2 Å². The summed E-state index contributed by atoms with van der Waals surface area (Å²) in [5.41, 5.74) is 1.39. The van der Waals surface area contributed by atoms with Gasteiger partial charge in [0.25, 0.3) is 10.0 Å². The van der Waals surface area contributed by atoms with Gasteiger partial charge in [-0.1, -0.05) is 29.8 Å². The zero-order chi connectivity index (χ0) is 18.9. The number of nitrogens with zero attached hydrogens (tertiary/aromatic N) is 2. The van der Waals surface area contributed by atoms with Crippen LogP contribution in [0.1, 0.15) is 5.56 Å². The molecular weight excluding hydrogens is 366 g/mol. The molecule has 4 rings (SSSR count). The van der Waals surface area contributed by atoms with E-state index in [-0.39, 0.29) is 11.0 Å². The maximum absolute atomic E-state index is 12.5. The summed E-state index contributed by atoms with van der Waals surface area (Å²) in [6.07, 6.45) is 2.90. The van der Waals surface area contributed by atoms with Crippen molar-refractivity contribution < 1.29 is 17.9 Å². The Bertz CT molecular complexity index is 1040. The van der Waals surface area contributed by atoms with Crippen molar-refractivity contribution in [1.82, 2.24) is 9.78 Å². The topological polar surface area (TPSA) is 82.5 Å². The normalized spacial score (nSPS) is 16.1. The van der Waals surface area contributed by atoms with Gasteiger partial charge in [-0.2, -0.15) is 5.10 Å². The van der Waals surface area contributed by atoms with Crippen molar-refractivity contribution in [3.05, 3.63) is 66.5 Å². The quantitative estimate of drug-likeness (QED) is 0.730. The van der Waals surface area contributed by atoms with Crippen molar-refractivity contribution in [2.45, 2.75) is 24.5 Å². The van der Waals surface area contributed by atoms with E-state index >= 15 is 0 Å². The summed E-state index contributed by atoms with van der Waals surface area (Å²) in [6.45, 7) is 2.76. The Morgan fingerprint density at radius 2 is 1.89 bits per heavy atom. The highest BCUT2D eigenvalue weighted by atomic mass is 32.2. The number of anilines is 1. The molecule has 2 heterocycles. The maximum Gasteiger partial charge on any atom is 0.261 e. The number of sulfonamides is 1. The first kappa shape index (κ1) is 17.4. The minimum absolute atomic E-state index is 0.207. The third-order valence-electron chi connectivity index (χ3n) is 4.17. The Balaban J connectivity index is 1.42. The van der Waals surface area contributed by atoms with Gasteiger partial charge in [0.05, 0.1) is 23.3 Å². The van der Waals surface area contributed by atoms with Crippen molar-refractivity contribution >= 4 is 15.7 Å². The van der Waals surface area contributed by atoms with Crippen molar-refractivity contribution in [3.8, 4) is 11.5 Å². The molecule has 0 bridgehead atoms. The van der Waals surface area contributed by atoms with E-state index in [1.54, 1.807) is 35.1 Å². The van der Waals surface area contributed by atoms with Gasteiger partial charge in [0, 0.05) is 6.20 Å². The first-order chi connectivity index (χ1) is 13.0. The van der Waals surface area contributed by atoms with Crippen molar-refractivity contribution in [2.24, 2.45) is 0 Å². The van der Waals surface area contributed by atoms with E-state index in [1.165, 1.54) is 6.20 Å². The summed E-state index contributed by atoms with van der Waals surface area (Å²) >= 11 is 0. The lowest BCUT2D eigenvalue weighted by Gasteiger charge is -2.26. The third kappa shape index (κ3) is 3.90. The number of ether oxygens (including phenoxy) is 2. The monoisotopic (exact) mass is 385 g/mol. The molecule has 140 valence electrons. The van der Waals surface area contributed by atoms with Crippen LogP contribution in [0.15, 0.2) is 65.8 Å². The molecule has 1 aromatic heterocycles. The van der Waals surface area contributed by atoms with Crippen LogP contribution in [0.4, 0.5) is 5.69 Å². The lowest BCUT2D eigenvalue weighted by molar-refractivity contribution is 0.0759. The molecule has 1 N–H and O–H groups in total. The van der Waals surface area contributed by atoms with Gasteiger partial charge >= 0.3 is 0 Å². The van der Waals surface area contributed by atoms with Crippen LogP contribution in [0, 0.1) is 6.92 Å². The average molecular weight is 385 g/mol. The number of nitrogens with one attached hydrogen (secondary N) is 1. The number of fused-ring (bicyclic) bond motifs is 1. The molecule has 0 saturated carbocycles. The van der Waals surface area contributed by atoms with E-state index in [9.17, 15) is 8.42 Å². The highest BCUT2D eigenvalue weighted by molar-refractivity contribution is 7.92. The minimum Gasteiger partial charge on any atom is -0.486 e. The molecule has 27 heavy (non-hydrogen) atoms. The molecular formula is C19H19N3O4S. The number of rotatable bonds is 5. The van der Waals surface area contributed by atoms with Crippen LogP contribution in [-0.2, 0) is 16.6 Å². The molecule has 1 aliphatic heterocycles. The fourth-order valence-electron chi connectivity index (χ4n) is 2.81. The number of aromatic nitrogens is 2. The summed E-state index contributed by atoms with van der Waals surface area (Å²) in [6, 6.07) is 14.2. The van der Waals surface area contributed by atoms with E-state index < -0.39 is 10.0 Å². The van der Waals surface area contributed by atoms with Gasteiger partial charge in [0.1, 0.15) is 6.61 Å². The van der Waals surface area contributed by atoms with Crippen LogP contribution in [0.5, 0.6) is 11.5 Å². The molecule has 1 unspecified atom stereocenters. The van der Waals surface area contributed by atoms with Crippen LogP contribution >= 0.6 is 0 Å². The molecule has 0 fully saturated rings. The highest BCUT2D eigenvalue weighted by Crippen LogP contribution is 2.31. The standard InChI is InChI=1S/C19H19N3O4S/c1-14-6-8-17(9-7-14)27(23,24)21-15-10-20-22(11-15)12-16-13-25-18-4-2-3-5-19(18)26-16/h2-11,16,21H,12-13H2,1H3. The Hall–Kier alpha value is -3.00. The predicted molar refractivity (Wildman–Crippen MR) is 101 cm³/mol. The molecule has 7 nitrogen and oxygen atoms in total. The SMILES string of the molecule is Cc1ccc(S(=O)(=O)Nc2cnn(CC3COc4ccccc4O3)c2)cc1. The van der Waals surface area contributed by atoms with Crippen molar-refractivity contribution in [1.29, 1.82) is 0 Å². The van der Waals surface area contributed by atoms with Crippen LogP contribution in [-0.4, -0.2) is 30.9 Å². The second kappa shape index (κ2) is 6.96. The Morgan fingerprint density at radius 1 is 1.15 bits per heavy atom. The van der Waals surface area contributed by atoms with Gasteiger partial charge in [-0.25, -0.2) is 8.42 Å². The van der Waals surface area contributed by atoms with Gasteiger partial charge in [-0.15, -0.1) is 0 Å². The smallest absolute Gasteiger partial charge is 0.261 e. The summed E-state index contributed by atoms with van der Waals surface area (Å²) in [4.78, 5) is 0.210. The van der Waals surface area contributed by atoms with E-state index in [0.29, 0.717) is 24.6 Å². The molecule has 1 aliphatic rings. The molecule has 2 aromatic carbocycles. The predicted octanol–water partition coefficient (Wildman–Crippen LogP) is 2.83. The van der Waals surface area contributed by atoms with Gasteiger partial charge in [-0.3, -0.25) is 9.40 Å². The van der Waals surface area contributed by atoms with Gasteiger partial charge in [0.15, 0.2) is 17.6 Å². The molecule has 1 atom stereocenters. The number of hydrogen-bond donors (Lipinski definition) is 1. The van der Waals surface area contributed by atoms with Crippen LogP contribution < -0.4 is 14.2 Å². The number of benzene rings is 2. The number of para-hydroxylation sites is 2. The lowest BCUT2D eigenvalue weighted by atomic mass is 10.2. The Morgan fingerprint density at radius 3 is 2.67 bits per heavy atom. The van der Waals surface area contributed by atoms with Crippen LogP contribution in [0.2, 0.25) is 0 Å². The number of aryl methyl sites for hydroxylation is 1. The van der Waals surface area contributed by atoms with E-state index in [4.69, 9.17) is 9.47 Å². The zero-order valence-corrected chi connectivity index (χ0v) is 15.5. The first-order valence-electron chi connectivity index (χ1n) is 8.50. The fourth-order valence-corrected chi connectivity index (χ4v) is 3.84. The van der Waals surface area contributed by atoms with Crippen LogP contribution in [0.3, 0.4) is 0 Å². The zero-order valence-electron chi connectivity index (χ0n) is 14.7. The Labute approximate surface area is 157 Å².